The quantitative estimate of drug-likeness (QED) is 0.655. The van der Waals surface area contributed by atoms with Crippen molar-refractivity contribution in [1.82, 2.24) is 0 Å². The van der Waals surface area contributed by atoms with Crippen LogP contribution in [0.3, 0.4) is 0 Å². The molecule has 1 atom stereocenters. The summed E-state index contributed by atoms with van der Waals surface area (Å²) in [5, 5.41) is 0. The number of aromatic nitrogens is 1. The van der Waals surface area contributed by atoms with E-state index in [1.807, 2.05) is 0 Å². The molecule has 0 amide bonds. The molecular formula is C9H12NO2S+. The summed E-state index contributed by atoms with van der Waals surface area (Å²) in [5.41, 5.74) is 0. The van der Waals surface area contributed by atoms with Crippen LogP contribution in [0, 0.1) is 0 Å². The van der Waals surface area contributed by atoms with Crippen LogP contribution >= 0.6 is 0 Å². The Bertz CT molecular complexity index is 332. The fourth-order valence-corrected chi connectivity index (χ4v) is 1.50. The lowest BCUT2D eigenvalue weighted by atomic mass is 10.4. The molecule has 3 nitrogen and oxygen atoms in total. The first-order valence-electron chi connectivity index (χ1n) is 3.91. The lowest BCUT2D eigenvalue weighted by molar-refractivity contribution is -0.684. The molecule has 0 radical (unpaired) electrons. The predicted octanol–water partition coefficient (Wildman–Crippen LogP) is 0.300. The van der Waals surface area contributed by atoms with Gasteiger partial charge in [-0.3, -0.25) is 9.00 Å². The van der Waals surface area contributed by atoms with E-state index >= 15 is 0 Å². The van der Waals surface area contributed by atoms with Gasteiger partial charge in [-0.25, -0.2) is 0 Å². The molecule has 1 aromatic rings. The molecule has 0 aliphatic carbocycles. The fraction of sp³-hybridized carbons (Fsp3) is 0.333. The minimum Gasteiger partial charge on any atom is -0.293 e. The molecule has 0 fully saturated rings. The molecule has 0 N–H and O–H groups in total. The molecule has 1 aromatic heterocycles. The highest BCUT2D eigenvalue weighted by Gasteiger charge is 2.04. The van der Waals surface area contributed by atoms with E-state index in [0.717, 1.165) is 4.90 Å². The summed E-state index contributed by atoms with van der Waals surface area (Å²) in [6, 6.07) is 3.53. The molecule has 0 spiro atoms. The Kier molecular flexibility index (Phi) is 3.31. The molecule has 0 saturated heterocycles. The lowest BCUT2D eigenvalue weighted by Crippen LogP contribution is -2.36. The zero-order valence-corrected chi connectivity index (χ0v) is 8.50. The molecule has 0 bridgehead atoms. The monoisotopic (exact) mass is 198 g/mol. The van der Waals surface area contributed by atoms with E-state index in [4.69, 9.17) is 0 Å². The number of ketones is 1. The van der Waals surface area contributed by atoms with Gasteiger partial charge in [0.15, 0.2) is 18.2 Å². The molecule has 4 heteroatoms. The van der Waals surface area contributed by atoms with Crippen molar-refractivity contribution in [2.24, 2.45) is 0 Å². The van der Waals surface area contributed by atoms with Gasteiger partial charge in [0.05, 0.1) is 15.7 Å². The number of carbonyl (C=O) groups excluding carboxylic acids is 1. The van der Waals surface area contributed by atoms with Crippen molar-refractivity contribution in [3.8, 4) is 0 Å². The van der Waals surface area contributed by atoms with Crippen LogP contribution in [0.2, 0.25) is 0 Å². The Labute approximate surface area is 79.9 Å². The van der Waals surface area contributed by atoms with Crippen LogP contribution in [-0.4, -0.2) is 16.2 Å². The Hall–Kier alpha value is -1.03. The van der Waals surface area contributed by atoms with Crippen molar-refractivity contribution in [3.63, 3.8) is 0 Å². The normalized spacial score (nSPS) is 12.5. The zero-order valence-electron chi connectivity index (χ0n) is 7.69. The van der Waals surface area contributed by atoms with Crippen LogP contribution in [-0.2, 0) is 22.1 Å². The maximum absolute atomic E-state index is 11.0. The van der Waals surface area contributed by atoms with Crippen molar-refractivity contribution >= 4 is 16.6 Å². The van der Waals surface area contributed by atoms with E-state index in [0.29, 0.717) is 6.54 Å². The summed E-state index contributed by atoms with van der Waals surface area (Å²) in [6.45, 7) is 1.91. The second-order valence-corrected chi connectivity index (χ2v) is 4.24. The standard InChI is InChI=1S/C9H12NO2S/c1-8(11)7-10-5-3-9(4-6-10)13(2)12/h3-6H,7H2,1-2H3/q+1. The maximum Gasteiger partial charge on any atom is 0.206 e. The molecule has 0 aromatic carbocycles. The SMILES string of the molecule is CC(=O)C[n+]1ccc(S(C)=O)cc1. The molecule has 1 unspecified atom stereocenters. The fourth-order valence-electron chi connectivity index (χ4n) is 0.998. The van der Waals surface area contributed by atoms with E-state index in [1.165, 1.54) is 0 Å². The Morgan fingerprint density at radius 2 is 2.00 bits per heavy atom. The largest absolute Gasteiger partial charge is 0.293 e. The summed E-state index contributed by atoms with van der Waals surface area (Å²) in [6.07, 6.45) is 5.15. The van der Waals surface area contributed by atoms with Crippen molar-refractivity contribution in [2.75, 3.05) is 6.26 Å². The Balaban J connectivity index is 2.81. The minimum absolute atomic E-state index is 0.107. The summed E-state index contributed by atoms with van der Waals surface area (Å²) >= 11 is 0. The second-order valence-electron chi connectivity index (χ2n) is 2.86. The van der Waals surface area contributed by atoms with Crippen LogP contribution in [0.1, 0.15) is 6.92 Å². The van der Waals surface area contributed by atoms with Crippen molar-refractivity contribution in [2.45, 2.75) is 18.4 Å². The van der Waals surface area contributed by atoms with Crippen LogP contribution in [0.15, 0.2) is 29.4 Å². The van der Waals surface area contributed by atoms with Crippen LogP contribution < -0.4 is 4.57 Å². The predicted molar refractivity (Wildman–Crippen MR) is 49.7 cm³/mol. The van der Waals surface area contributed by atoms with Gasteiger partial charge in [-0.1, -0.05) is 0 Å². The Morgan fingerprint density at radius 1 is 1.46 bits per heavy atom. The maximum atomic E-state index is 11.0. The van der Waals surface area contributed by atoms with E-state index in [-0.39, 0.29) is 5.78 Å². The second kappa shape index (κ2) is 4.28. The summed E-state index contributed by atoms with van der Waals surface area (Å²) < 4.78 is 12.8. The van der Waals surface area contributed by atoms with Gasteiger partial charge < -0.3 is 0 Å². The summed E-state index contributed by atoms with van der Waals surface area (Å²) in [4.78, 5) is 11.5. The van der Waals surface area contributed by atoms with Gasteiger partial charge in [-0.15, -0.1) is 0 Å². The molecular weight excluding hydrogens is 186 g/mol. The molecule has 70 valence electrons. The van der Waals surface area contributed by atoms with E-state index in [1.54, 1.807) is 42.3 Å². The Morgan fingerprint density at radius 3 is 2.38 bits per heavy atom. The van der Waals surface area contributed by atoms with Crippen LogP contribution in [0.4, 0.5) is 0 Å². The number of nitrogens with zero attached hydrogens (tertiary/aromatic N) is 1. The zero-order chi connectivity index (χ0) is 9.84. The first kappa shape index (κ1) is 10.1. The molecule has 13 heavy (non-hydrogen) atoms. The highest BCUT2D eigenvalue weighted by Crippen LogP contribution is 1.99. The van der Waals surface area contributed by atoms with Crippen molar-refractivity contribution in [1.29, 1.82) is 0 Å². The third-order valence-corrected chi connectivity index (χ3v) is 2.53. The first-order valence-corrected chi connectivity index (χ1v) is 5.47. The third kappa shape index (κ3) is 3.06. The van der Waals surface area contributed by atoms with Crippen molar-refractivity contribution in [3.05, 3.63) is 24.5 Å². The van der Waals surface area contributed by atoms with Gasteiger partial charge in [-0.2, -0.15) is 4.57 Å². The minimum atomic E-state index is -0.948. The number of hydrogen-bond acceptors (Lipinski definition) is 2. The molecule has 0 saturated carbocycles. The first-order chi connectivity index (χ1) is 6.09. The van der Waals surface area contributed by atoms with Gasteiger partial charge in [0, 0.05) is 25.3 Å². The van der Waals surface area contributed by atoms with Crippen LogP contribution in [0.25, 0.3) is 0 Å². The highest BCUT2D eigenvalue weighted by molar-refractivity contribution is 7.84. The van der Waals surface area contributed by atoms with Gasteiger partial charge in [0.1, 0.15) is 0 Å². The molecule has 1 rings (SSSR count). The average Bonchev–Trinajstić information content (AvgIpc) is 2.04. The van der Waals surface area contributed by atoms with E-state index in [9.17, 15) is 9.00 Å². The number of rotatable bonds is 3. The number of hydrogen-bond donors (Lipinski definition) is 0. The third-order valence-electron chi connectivity index (χ3n) is 1.60. The average molecular weight is 198 g/mol. The van der Waals surface area contributed by atoms with Crippen molar-refractivity contribution < 1.29 is 13.6 Å². The lowest BCUT2D eigenvalue weighted by Gasteiger charge is -1.94. The van der Waals surface area contributed by atoms with Gasteiger partial charge >= 0.3 is 0 Å². The molecule has 1 heterocycles. The molecule has 0 aliphatic rings. The van der Waals surface area contributed by atoms with Gasteiger partial charge in [0.25, 0.3) is 0 Å². The summed E-state index contributed by atoms with van der Waals surface area (Å²) in [7, 11) is -0.948. The number of Topliss-reactive ketones (excluding diaryl/α,β-unsaturated/α-hetero) is 1. The topological polar surface area (TPSA) is 38.0 Å². The van der Waals surface area contributed by atoms with E-state index in [2.05, 4.69) is 0 Å². The van der Waals surface area contributed by atoms with Gasteiger partial charge in [0.2, 0.25) is 6.54 Å². The number of pyridine rings is 1. The number of carbonyl (C=O) groups is 1. The van der Waals surface area contributed by atoms with E-state index < -0.39 is 10.8 Å². The summed E-state index contributed by atoms with van der Waals surface area (Å²) in [5.74, 6) is 0.107. The van der Waals surface area contributed by atoms with Crippen LogP contribution in [0.5, 0.6) is 0 Å². The smallest absolute Gasteiger partial charge is 0.206 e. The van der Waals surface area contributed by atoms with Gasteiger partial charge in [-0.05, 0) is 0 Å². The highest BCUT2D eigenvalue weighted by atomic mass is 32.2. The molecule has 0 aliphatic heterocycles.